The summed E-state index contributed by atoms with van der Waals surface area (Å²) in [5, 5.41) is 9.43. The number of hydrogen-bond donors (Lipinski definition) is 2. The van der Waals surface area contributed by atoms with Crippen LogP contribution >= 0.6 is 34.9 Å². The number of rotatable bonds is 4. The molecule has 0 fully saturated rings. The highest BCUT2D eigenvalue weighted by Gasteiger charge is 2.33. The van der Waals surface area contributed by atoms with Gasteiger partial charge in [0.1, 0.15) is 10.1 Å². The monoisotopic (exact) mass is 383 g/mol. The molecule has 0 bridgehead atoms. The van der Waals surface area contributed by atoms with Crippen molar-refractivity contribution in [1.29, 1.82) is 0 Å². The van der Waals surface area contributed by atoms with Crippen LogP contribution in [0.5, 0.6) is 5.75 Å². The highest BCUT2D eigenvalue weighted by Crippen LogP contribution is 2.39. The van der Waals surface area contributed by atoms with Crippen LogP contribution in [0.1, 0.15) is 15.9 Å². The fraction of sp³-hybridized carbons (Fsp3) is 0.154. The van der Waals surface area contributed by atoms with Gasteiger partial charge in [-0.1, -0.05) is 11.6 Å². The number of alkyl halides is 3. The number of benzene rings is 1. The van der Waals surface area contributed by atoms with E-state index < -0.39 is 23.5 Å². The summed E-state index contributed by atoms with van der Waals surface area (Å²) in [5.74, 6) is -1.45. The van der Waals surface area contributed by atoms with Crippen LogP contribution in [-0.4, -0.2) is 18.2 Å². The van der Waals surface area contributed by atoms with Crippen molar-refractivity contribution in [3.63, 3.8) is 0 Å². The number of ether oxygens (including phenoxy) is 1. The van der Waals surface area contributed by atoms with E-state index in [0.717, 1.165) is 35.4 Å². The third-order valence-corrected chi connectivity index (χ3v) is 4.95. The van der Waals surface area contributed by atoms with Gasteiger partial charge >= 0.3 is 12.1 Å². The third-order valence-electron chi connectivity index (χ3n) is 2.64. The molecule has 1 heterocycles. The summed E-state index contributed by atoms with van der Waals surface area (Å²) in [4.78, 5) is 11.4. The van der Waals surface area contributed by atoms with Crippen LogP contribution < -0.4 is 4.72 Å². The molecule has 0 radical (unpaired) electrons. The van der Waals surface area contributed by atoms with Gasteiger partial charge in [0.05, 0.1) is 22.4 Å². The predicted molar refractivity (Wildman–Crippen MR) is 83.3 cm³/mol. The fourth-order valence-electron chi connectivity index (χ4n) is 1.59. The lowest BCUT2D eigenvalue weighted by Crippen LogP contribution is -2.05. The first-order chi connectivity index (χ1) is 10.7. The molecule has 0 aliphatic heterocycles. The quantitative estimate of drug-likeness (QED) is 0.572. The second-order valence-corrected chi connectivity index (χ2v) is 6.94. The number of phenolic OH excluding ortho intramolecular Hbond substituents is 1. The molecule has 0 saturated heterocycles. The number of hydrogen-bond acceptors (Lipinski definition) is 6. The number of methoxy groups -OCH3 is 1. The predicted octanol–water partition coefficient (Wildman–Crippen LogP) is 5.03. The van der Waals surface area contributed by atoms with Crippen molar-refractivity contribution in [2.24, 2.45) is 0 Å². The number of nitrogens with one attached hydrogen (secondary N) is 1. The number of carbonyl (C=O) groups is 1. The van der Waals surface area contributed by atoms with E-state index in [1.165, 1.54) is 19.2 Å². The Morgan fingerprint density at radius 3 is 2.65 bits per heavy atom. The molecule has 2 N–H and O–H groups in total. The van der Waals surface area contributed by atoms with Crippen LogP contribution in [0.25, 0.3) is 0 Å². The average molecular weight is 384 g/mol. The van der Waals surface area contributed by atoms with Gasteiger partial charge in [0.15, 0.2) is 0 Å². The van der Waals surface area contributed by atoms with Crippen LogP contribution in [0.4, 0.5) is 18.9 Å². The summed E-state index contributed by atoms with van der Waals surface area (Å²) >= 11 is 8.06. The molecule has 0 amide bonds. The summed E-state index contributed by atoms with van der Waals surface area (Å²) in [6.07, 6.45) is -4.62. The lowest BCUT2D eigenvalue weighted by molar-refractivity contribution is -0.138. The van der Waals surface area contributed by atoms with Crippen molar-refractivity contribution in [3.8, 4) is 5.75 Å². The molecule has 10 heteroatoms. The van der Waals surface area contributed by atoms with Gasteiger partial charge in [-0.05, 0) is 30.1 Å². The van der Waals surface area contributed by atoms with Crippen molar-refractivity contribution in [1.82, 2.24) is 0 Å². The van der Waals surface area contributed by atoms with Crippen molar-refractivity contribution in [2.45, 2.75) is 10.4 Å². The molecule has 0 spiro atoms. The zero-order valence-corrected chi connectivity index (χ0v) is 13.8. The van der Waals surface area contributed by atoms with Crippen LogP contribution in [0, 0.1) is 0 Å². The molecule has 2 aromatic rings. The number of phenols is 1. The summed E-state index contributed by atoms with van der Waals surface area (Å²) in [6, 6.07) is 4.43. The zero-order valence-electron chi connectivity index (χ0n) is 11.4. The van der Waals surface area contributed by atoms with E-state index in [1.54, 1.807) is 0 Å². The highest BCUT2D eigenvalue weighted by atomic mass is 35.5. The van der Waals surface area contributed by atoms with E-state index in [-0.39, 0.29) is 15.6 Å². The third kappa shape index (κ3) is 4.24. The van der Waals surface area contributed by atoms with Crippen LogP contribution in [0.15, 0.2) is 28.5 Å². The smallest absolute Gasteiger partial charge is 0.419 e. The number of aromatic hydroxyl groups is 1. The van der Waals surface area contributed by atoms with Gasteiger partial charge < -0.3 is 14.6 Å². The molecule has 124 valence electrons. The first-order valence-electron chi connectivity index (χ1n) is 5.93. The maximum Gasteiger partial charge on any atom is 0.419 e. The van der Waals surface area contributed by atoms with Gasteiger partial charge in [-0.2, -0.15) is 13.2 Å². The molecule has 23 heavy (non-hydrogen) atoms. The van der Waals surface area contributed by atoms with Gasteiger partial charge in [-0.25, -0.2) is 4.79 Å². The van der Waals surface area contributed by atoms with Crippen molar-refractivity contribution >= 4 is 46.5 Å². The molecule has 0 aliphatic rings. The SMILES string of the molecule is COC(=O)c1cc(SNc2ccc(C(F)(F)F)c(O)c2)sc1Cl. The van der Waals surface area contributed by atoms with Gasteiger partial charge in [0.25, 0.3) is 0 Å². The van der Waals surface area contributed by atoms with Gasteiger partial charge in [0.2, 0.25) is 0 Å². The minimum absolute atomic E-state index is 0.207. The second kappa shape index (κ2) is 6.90. The van der Waals surface area contributed by atoms with Crippen molar-refractivity contribution in [2.75, 3.05) is 11.8 Å². The summed E-state index contributed by atoms with van der Waals surface area (Å²) < 4.78 is 45.8. The normalized spacial score (nSPS) is 11.3. The Morgan fingerprint density at radius 1 is 1.39 bits per heavy atom. The van der Waals surface area contributed by atoms with E-state index in [1.807, 2.05) is 0 Å². The summed E-state index contributed by atoms with van der Waals surface area (Å²) in [6.45, 7) is 0. The molecular formula is C13H9ClF3NO3S2. The largest absolute Gasteiger partial charge is 0.507 e. The molecule has 1 aromatic carbocycles. The van der Waals surface area contributed by atoms with Gasteiger partial charge in [0, 0.05) is 11.8 Å². The Bertz CT molecular complexity index is 734. The number of carbonyl (C=O) groups excluding carboxylic acids is 1. The molecule has 0 saturated carbocycles. The highest BCUT2D eigenvalue weighted by molar-refractivity contribution is 8.02. The number of anilines is 1. The summed E-state index contributed by atoms with van der Waals surface area (Å²) in [7, 11) is 1.23. The average Bonchev–Trinajstić information content (AvgIpc) is 2.84. The van der Waals surface area contributed by atoms with Crippen LogP contribution in [0.3, 0.4) is 0 Å². The standard InChI is InChI=1S/C13H9ClF3NO3S2/c1-21-12(20)7-5-10(22-11(7)14)23-18-6-2-3-8(9(19)4-6)13(15,16)17/h2-5,18-19H,1H3. The number of esters is 1. The van der Waals surface area contributed by atoms with E-state index in [0.29, 0.717) is 4.21 Å². The Hall–Kier alpha value is -1.58. The van der Waals surface area contributed by atoms with Crippen LogP contribution in [-0.2, 0) is 10.9 Å². The maximum atomic E-state index is 12.5. The number of halogens is 4. The number of thiophene rings is 1. The Kier molecular flexibility index (Phi) is 5.33. The minimum atomic E-state index is -4.62. The first kappa shape index (κ1) is 17.8. The van der Waals surface area contributed by atoms with Gasteiger partial charge in [-0.3, -0.25) is 0 Å². The molecular weight excluding hydrogens is 375 g/mol. The Morgan fingerprint density at radius 2 is 2.09 bits per heavy atom. The second-order valence-electron chi connectivity index (χ2n) is 4.18. The first-order valence-corrected chi connectivity index (χ1v) is 7.94. The molecule has 0 unspecified atom stereocenters. The van der Waals surface area contributed by atoms with Crippen molar-refractivity contribution < 1.29 is 27.8 Å². The molecule has 1 aromatic heterocycles. The maximum absolute atomic E-state index is 12.5. The molecule has 0 atom stereocenters. The minimum Gasteiger partial charge on any atom is -0.507 e. The van der Waals surface area contributed by atoms with E-state index >= 15 is 0 Å². The molecule has 0 aliphatic carbocycles. The van der Waals surface area contributed by atoms with Gasteiger partial charge in [-0.15, -0.1) is 11.3 Å². The summed E-state index contributed by atoms with van der Waals surface area (Å²) in [5.41, 5.74) is -0.636. The van der Waals surface area contributed by atoms with Crippen molar-refractivity contribution in [3.05, 3.63) is 39.7 Å². The fourth-order valence-corrected chi connectivity index (χ4v) is 3.78. The zero-order chi connectivity index (χ0) is 17.2. The Labute approximate surface area is 142 Å². The Balaban J connectivity index is 2.10. The molecule has 4 nitrogen and oxygen atoms in total. The molecule has 2 rings (SSSR count). The van der Waals surface area contributed by atoms with E-state index in [9.17, 15) is 23.1 Å². The van der Waals surface area contributed by atoms with Crippen LogP contribution in [0.2, 0.25) is 4.34 Å². The topological polar surface area (TPSA) is 58.6 Å². The lowest BCUT2D eigenvalue weighted by Gasteiger charge is -2.10. The van der Waals surface area contributed by atoms with E-state index in [2.05, 4.69) is 9.46 Å². The van der Waals surface area contributed by atoms with E-state index in [4.69, 9.17) is 11.6 Å². The lowest BCUT2D eigenvalue weighted by atomic mass is 10.2.